The monoisotopic (exact) mass is 727 g/mol. The highest BCUT2D eigenvalue weighted by atomic mass is 16.3. The highest BCUT2D eigenvalue weighted by Crippen LogP contribution is 2.43. The third-order valence-electron chi connectivity index (χ3n) is 12.0. The molecule has 1 heteroatoms. The van der Waals surface area contributed by atoms with E-state index in [1.54, 1.807) is 0 Å². The normalized spacial score (nSPS) is 13.9. The van der Waals surface area contributed by atoms with Crippen LogP contribution in [0.15, 0.2) is 198 Å². The summed E-state index contributed by atoms with van der Waals surface area (Å²) in [5.41, 5.74) is 6.32. The Morgan fingerprint density at radius 2 is 0.789 bits per heavy atom. The number of furan rings is 1. The molecular formula is C56H32O. The van der Waals surface area contributed by atoms with Gasteiger partial charge < -0.3 is 4.42 Å². The average Bonchev–Trinajstić information content (AvgIpc) is 3.75. The summed E-state index contributed by atoms with van der Waals surface area (Å²) in [4.78, 5) is 0. The van der Waals surface area contributed by atoms with E-state index in [9.17, 15) is 4.11 Å². The molecule has 0 aliphatic carbocycles. The zero-order chi connectivity index (χ0) is 43.3. The zero-order valence-corrected chi connectivity index (χ0v) is 30.3. The van der Waals surface area contributed by atoms with Gasteiger partial charge >= 0.3 is 0 Å². The van der Waals surface area contributed by atoms with Crippen LogP contribution in [-0.4, -0.2) is 0 Å². The maximum atomic E-state index is 9.68. The van der Waals surface area contributed by atoms with Crippen molar-refractivity contribution in [2.45, 2.75) is 0 Å². The van der Waals surface area contributed by atoms with E-state index in [0.29, 0.717) is 5.56 Å². The van der Waals surface area contributed by atoms with Gasteiger partial charge in [-0.1, -0.05) is 158 Å². The molecule has 0 radical (unpaired) electrons. The van der Waals surface area contributed by atoms with Gasteiger partial charge in [-0.15, -0.1) is 0 Å². The van der Waals surface area contributed by atoms with E-state index in [-0.39, 0.29) is 57.7 Å². The van der Waals surface area contributed by atoms with E-state index < -0.39 is 12.1 Å². The standard InChI is InChI=1S/C56H32O/c1-2-10-51-47(9-1)50-32-41(23-28-52(50)57-51)43-29-42(30-44(31-43)46-25-20-40-18-16-36-6-4-8-38-22-27-49(46)56(40)54(36)38)33-11-13-34(14-12-33)45-24-19-39-17-15-35-5-3-7-37-21-26-48(45)55(39)53(35)37/h1-32H/i1D,2D,9D,10D,23D,28D,32D. The second-order valence-electron chi connectivity index (χ2n) is 15.1. The molecule has 0 fully saturated rings. The van der Waals surface area contributed by atoms with Crippen molar-refractivity contribution in [1.82, 2.24) is 0 Å². The minimum atomic E-state index is -0.461. The third-order valence-corrected chi connectivity index (χ3v) is 12.0. The van der Waals surface area contributed by atoms with Crippen molar-refractivity contribution in [3.8, 4) is 44.5 Å². The molecule has 0 saturated heterocycles. The van der Waals surface area contributed by atoms with Gasteiger partial charge in [0.15, 0.2) is 0 Å². The molecule has 0 saturated carbocycles. The number of hydrogen-bond donors (Lipinski definition) is 0. The molecule has 0 aliphatic heterocycles. The molecule has 1 heterocycles. The topological polar surface area (TPSA) is 13.1 Å². The quantitative estimate of drug-likeness (QED) is 0.165. The molecule has 0 amide bonds. The van der Waals surface area contributed by atoms with Gasteiger partial charge in [0, 0.05) is 10.8 Å². The van der Waals surface area contributed by atoms with Gasteiger partial charge in [0.05, 0.1) is 9.60 Å². The molecule has 0 spiro atoms. The first-order valence-electron chi connectivity index (χ1n) is 22.7. The van der Waals surface area contributed by atoms with Crippen molar-refractivity contribution in [3.05, 3.63) is 194 Å². The molecule has 12 aromatic carbocycles. The number of fused-ring (bicyclic) bond motifs is 3. The van der Waals surface area contributed by atoms with Crippen molar-refractivity contribution in [2.24, 2.45) is 0 Å². The molecule has 262 valence electrons. The second kappa shape index (κ2) is 11.5. The summed E-state index contributed by atoms with van der Waals surface area (Å²) in [5.74, 6) is 0. The predicted molar refractivity (Wildman–Crippen MR) is 243 cm³/mol. The second-order valence-corrected chi connectivity index (χ2v) is 15.1. The third kappa shape index (κ3) is 4.51. The van der Waals surface area contributed by atoms with Gasteiger partial charge in [-0.25, -0.2) is 0 Å². The minimum Gasteiger partial charge on any atom is -0.456 e. The largest absolute Gasteiger partial charge is 0.456 e. The Kier molecular flexibility index (Phi) is 5.02. The molecule has 0 bridgehead atoms. The van der Waals surface area contributed by atoms with Crippen LogP contribution in [-0.2, 0) is 0 Å². The fourth-order valence-electron chi connectivity index (χ4n) is 9.36. The molecule has 0 unspecified atom stereocenters. The Balaban J connectivity index is 1.05. The van der Waals surface area contributed by atoms with Crippen molar-refractivity contribution in [1.29, 1.82) is 0 Å². The van der Waals surface area contributed by atoms with Crippen LogP contribution in [0.25, 0.3) is 131 Å². The Morgan fingerprint density at radius 3 is 1.42 bits per heavy atom. The highest BCUT2D eigenvalue weighted by molar-refractivity contribution is 6.27. The van der Waals surface area contributed by atoms with Crippen LogP contribution in [0.4, 0.5) is 0 Å². The Bertz CT molecular complexity index is 4120. The fourth-order valence-corrected chi connectivity index (χ4v) is 9.36. The Morgan fingerprint density at radius 1 is 0.316 bits per heavy atom. The first-order chi connectivity index (χ1) is 31.1. The molecule has 0 atom stereocenters. The van der Waals surface area contributed by atoms with Crippen LogP contribution in [0.3, 0.4) is 0 Å². The summed E-state index contributed by atoms with van der Waals surface area (Å²) in [6, 6.07) is 51.2. The van der Waals surface area contributed by atoms with Crippen molar-refractivity contribution < 1.29 is 14.0 Å². The summed E-state index contributed by atoms with van der Waals surface area (Å²) in [6.07, 6.45) is 0. The Hall–Kier alpha value is -7.48. The lowest BCUT2D eigenvalue weighted by Gasteiger charge is -2.17. The van der Waals surface area contributed by atoms with Crippen molar-refractivity contribution >= 4 is 86.6 Å². The maximum absolute atomic E-state index is 9.68. The van der Waals surface area contributed by atoms with E-state index in [1.165, 1.54) is 37.7 Å². The van der Waals surface area contributed by atoms with E-state index in [4.69, 9.17) is 9.90 Å². The van der Waals surface area contributed by atoms with Gasteiger partial charge in [0.25, 0.3) is 0 Å². The van der Waals surface area contributed by atoms with Crippen LogP contribution in [0.2, 0.25) is 0 Å². The smallest absolute Gasteiger partial charge is 0.135 e. The van der Waals surface area contributed by atoms with E-state index in [0.717, 1.165) is 60.3 Å². The van der Waals surface area contributed by atoms with E-state index >= 15 is 0 Å². The summed E-state index contributed by atoms with van der Waals surface area (Å²) >= 11 is 0. The SMILES string of the molecule is [2H]c1c([2H])c([2H])c2c(oc3c([2H])c([2H])c(-c4cc(-c5ccc(-c6ccc7ccc8cccc9ccc6c7c89)cc5)cc(-c5ccc6ccc7cccc8ccc5c6c78)c4)c([2H])c32)c1[2H]. The van der Waals surface area contributed by atoms with Crippen LogP contribution < -0.4 is 0 Å². The van der Waals surface area contributed by atoms with Gasteiger partial charge in [0.2, 0.25) is 0 Å². The summed E-state index contributed by atoms with van der Waals surface area (Å²) in [6.45, 7) is 0. The number of para-hydroxylation sites is 1. The summed E-state index contributed by atoms with van der Waals surface area (Å²) in [5, 5.41) is 14.4. The van der Waals surface area contributed by atoms with Crippen LogP contribution in [0.1, 0.15) is 9.60 Å². The molecule has 1 aromatic heterocycles. The average molecular weight is 728 g/mol. The van der Waals surface area contributed by atoms with Gasteiger partial charge in [-0.05, 0) is 145 Å². The van der Waals surface area contributed by atoms with Crippen LogP contribution >= 0.6 is 0 Å². The number of rotatable bonds is 4. The Labute approximate surface area is 338 Å². The predicted octanol–water partition coefficient (Wildman–Crippen LogP) is 16.0. The number of benzene rings is 12. The maximum Gasteiger partial charge on any atom is 0.135 e. The van der Waals surface area contributed by atoms with Crippen molar-refractivity contribution in [3.63, 3.8) is 0 Å². The first kappa shape index (κ1) is 24.8. The molecule has 0 aliphatic rings. The molecule has 13 aromatic rings. The summed E-state index contributed by atoms with van der Waals surface area (Å²) < 4.78 is 68.3. The number of hydrogen-bond acceptors (Lipinski definition) is 1. The highest BCUT2D eigenvalue weighted by Gasteiger charge is 2.17. The zero-order valence-electron chi connectivity index (χ0n) is 37.3. The molecule has 57 heavy (non-hydrogen) atoms. The van der Waals surface area contributed by atoms with Gasteiger partial charge in [-0.3, -0.25) is 0 Å². The fraction of sp³-hybridized carbons (Fsp3) is 0. The van der Waals surface area contributed by atoms with Gasteiger partial charge in [0.1, 0.15) is 11.2 Å². The van der Waals surface area contributed by atoms with Crippen LogP contribution in [0, 0.1) is 0 Å². The lowest BCUT2D eigenvalue weighted by atomic mass is 9.87. The molecule has 0 N–H and O–H groups in total. The van der Waals surface area contributed by atoms with Crippen molar-refractivity contribution in [2.75, 3.05) is 0 Å². The lowest BCUT2D eigenvalue weighted by molar-refractivity contribution is 0.669. The summed E-state index contributed by atoms with van der Waals surface area (Å²) in [7, 11) is 0. The van der Waals surface area contributed by atoms with E-state index in [2.05, 4.69) is 140 Å². The van der Waals surface area contributed by atoms with Crippen LogP contribution in [0.5, 0.6) is 0 Å². The molecule has 13 rings (SSSR count). The lowest BCUT2D eigenvalue weighted by Crippen LogP contribution is -1.90. The van der Waals surface area contributed by atoms with E-state index in [1.807, 2.05) is 12.1 Å². The van der Waals surface area contributed by atoms with Gasteiger partial charge in [-0.2, -0.15) is 0 Å². The molecular weight excluding hydrogens is 689 g/mol. The minimum absolute atomic E-state index is 0.0336. The first-order valence-corrected chi connectivity index (χ1v) is 19.2. The molecule has 1 nitrogen and oxygen atoms in total.